The average molecular weight is 654 g/mol. The van der Waals surface area contributed by atoms with E-state index in [2.05, 4.69) is 27.9 Å². The maximum atomic E-state index is 17.4. The molecule has 2 aromatic carbocycles. The number of ether oxygens (including phenoxy) is 2. The first-order chi connectivity index (χ1) is 23.3. The fraction of sp³-hybridized carbons (Fsp3) is 0.444. The number of benzene rings is 2. The molecule has 3 aliphatic rings. The third-order valence-electron chi connectivity index (χ3n) is 10.1. The fourth-order valence-electron chi connectivity index (χ4n) is 7.43. The van der Waals surface area contributed by atoms with Crippen LogP contribution in [0.5, 0.6) is 11.8 Å². The molecule has 248 valence electrons. The number of hydrogen-bond acceptors (Lipinski definition) is 9. The van der Waals surface area contributed by atoms with Gasteiger partial charge in [0.15, 0.2) is 5.82 Å². The van der Waals surface area contributed by atoms with Gasteiger partial charge in [0.05, 0.1) is 48.9 Å². The van der Waals surface area contributed by atoms with Crippen LogP contribution in [0.1, 0.15) is 32.3 Å². The second-order valence-electron chi connectivity index (χ2n) is 13.8. The topological polar surface area (TPSA) is 112 Å². The molecule has 1 unspecified atom stereocenters. The number of nitrogens with zero attached hydrogens (tertiary/aromatic N) is 7. The minimum absolute atomic E-state index is 0.0515. The lowest BCUT2D eigenvalue weighted by molar-refractivity contribution is 0.0834. The van der Waals surface area contributed by atoms with Gasteiger partial charge in [-0.1, -0.05) is 19.9 Å². The lowest BCUT2D eigenvalue weighted by Crippen LogP contribution is -2.49. The average Bonchev–Trinajstić information content (AvgIpc) is 3.73. The standard InChI is InChI=1S/C36H37F2N7O3/c1-3-25-27(37)5-4-23-12-24(46)13-26(29(23)25)33-31(38)32-30(28-6-9-40-45(28)33)34(44-10-11-47-18-21(2)15-44)42-35(41-32)48-20-36(7-8-36)19-43-16-22(14-39)17-43/h4-6,9,12-13,21-22,46H,3,7-8,10-11,15-20H2,1-2H3. The maximum Gasteiger partial charge on any atom is 0.319 e. The van der Waals surface area contributed by atoms with Crippen molar-refractivity contribution in [2.24, 2.45) is 17.3 Å². The Labute approximate surface area is 276 Å². The van der Waals surface area contributed by atoms with Gasteiger partial charge < -0.3 is 19.5 Å². The van der Waals surface area contributed by atoms with Crippen LogP contribution in [-0.4, -0.2) is 82.1 Å². The molecule has 3 aromatic heterocycles. The molecule has 0 radical (unpaired) electrons. The van der Waals surface area contributed by atoms with Crippen LogP contribution in [0.4, 0.5) is 14.6 Å². The largest absolute Gasteiger partial charge is 0.508 e. The van der Waals surface area contributed by atoms with E-state index in [9.17, 15) is 10.4 Å². The molecule has 1 atom stereocenters. The predicted molar refractivity (Wildman–Crippen MR) is 177 cm³/mol. The lowest BCUT2D eigenvalue weighted by atomic mass is 9.94. The number of aromatic nitrogens is 4. The van der Waals surface area contributed by atoms with Gasteiger partial charge in [0.2, 0.25) is 0 Å². The van der Waals surface area contributed by atoms with Crippen LogP contribution >= 0.6 is 0 Å². The zero-order chi connectivity index (χ0) is 33.2. The number of hydrogen-bond donors (Lipinski definition) is 1. The van der Waals surface area contributed by atoms with Crippen LogP contribution in [0.3, 0.4) is 0 Å². The van der Waals surface area contributed by atoms with Crippen molar-refractivity contribution in [2.45, 2.75) is 33.1 Å². The fourth-order valence-corrected chi connectivity index (χ4v) is 7.43. The van der Waals surface area contributed by atoms with E-state index < -0.39 is 11.6 Å². The predicted octanol–water partition coefficient (Wildman–Crippen LogP) is 5.73. The number of phenols is 1. The number of halogens is 2. The SMILES string of the molecule is CCc1c(F)ccc2cc(O)cc(-c3c(F)c4nc(OCC5(CN6CC(C#N)C6)CC5)nc(N5CCOCC(C)C5)c4c4ccnn34)c12. The van der Waals surface area contributed by atoms with Crippen molar-refractivity contribution in [3.63, 3.8) is 0 Å². The van der Waals surface area contributed by atoms with Gasteiger partial charge in [-0.25, -0.2) is 13.3 Å². The molecule has 0 spiro atoms. The van der Waals surface area contributed by atoms with Crippen molar-refractivity contribution in [1.29, 1.82) is 5.26 Å². The van der Waals surface area contributed by atoms with E-state index >= 15 is 8.78 Å². The monoisotopic (exact) mass is 653 g/mol. The van der Waals surface area contributed by atoms with E-state index in [1.807, 2.05) is 6.92 Å². The summed E-state index contributed by atoms with van der Waals surface area (Å²) >= 11 is 0. The highest BCUT2D eigenvalue weighted by Gasteiger charge is 2.47. The molecule has 5 aromatic rings. The van der Waals surface area contributed by atoms with E-state index in [0.29, 0.717) is 78.0 Å². The molecule has 8 rings (SSSR count). The molecule has 3 fully saturated rings. The van der Waals surface area contributed by atoms with Crippen LogP contribution in [0.2, 0.25) is 0 Å². The summed E-state index contributed by atoms with van der Waals surface area (Å²) in [6, 6.07) is 10.2. The van der Waals surface area contributed by atoms with Crippen LogP contribution < -0.4 is 9.64 Å². The molecule has 5 heterocycles. The third kappa shape index (κ3) is 5.25. The Balaban J connectivity index is 1.30. The molecule has 0 amide bonds. The number of aryl methyl sites for hydroxylation is 1. The number of fused-ring (bicyclic) bond motifs is 4. The minimum atomic E-state index is -0.670. The molecule has 2 saturated heterocycles. The summed E-state index contributed by atoms with van der Waals surface area (Å²) in [4.78, 5) is 14.0. The minimum Gasteiger partial charge on any atom is -0.508 e. The number of rotatable bonds is 8. The molecule has 2 aliphatic heterocycles. The summed E-state index contributed by atoms with van der Waals surface area (Å²) in [5.74, 6) is -0.321. The first-order valence-electron chi connectivity index (χ1n) is 16.7. The first-order valence-corrected chi connectivity index (χ1v) is 16.7. The highest BCUT2D eigenvalue weighted by atomic mass is 19.1. The smallest absolute Gasteiger partial charge is 0.319 e. The summed E-state index contributed by atoms with van der Waals surface area (Å²) in [6.07, 6.45) is 3.96. The van der Waals surface area contributed by atoms with Crippen LogP contribution in [-0.2, 0) is 11.2 Å². The van der Waals surface area contributed by atoms with E-state index in [-0.39, 0.29) is 40.2 Å². The van der Waals surface area contributed by atoms with Crippen molar-refractivity contribution in [3.05, 3.63) is 53.7 Å². The van der Waals surface area contributed by atoms with Gasteiger partial charge in [0, 0.05) is 43.7 Å². The Kier molecular flexibility index (Phi) is 7.57. The molecule has 10 nitrogen and oxygen atoms in total. The van der Waals surface area contributed by atoms with Crippen molar-refractivity contribution >= 4 is 33.0 Å². The Morgan fingerprint density at radius 2 is 1.96 bits per heavy atom. The highest BCUT2D eigenvalue weighted by Crippen LogP contribution is 2.48. The van der Waals surface area contributed by atoms with Crippen molar-refractivity contribution < 1.29 is 23.4 Å². The quantitative estimate of drug-likeness (QED) is 0.224. The van der Waals surface area contributed by atoms with Crippen molar-refractivity contribution in [1.82, 2.24) is 24.5 Å². The van der Waals surface area contributed by atoms with Crippen molar-refractivity contribution in [3.8, 4) is 29.1 Å². The summed E-state index contributed by atoms with van der Waals surface area (Å²) < 4.78 is 46.2. The summed E-state index contributed by atoms with van der Waals surface area (Å²) in [5, 5.41) is 26.1. The van der Waals surface area contributed by atoms with Crippen LogP contribution in [0.15, 0.2) is 36.5 Å². The molecular weight excluding hydrogens is 616 g/mol. The zero-order valence-electron chi connectivity index (χ0n) is 27.0. The Morgan fingerprint density at radius 1 is 1.12 bits per heavy atom. The number of aromatic hydroxyl groups is 1. The molecule has 12 heteroatoms. The highest BCUT2D eigenvalue weighted by molar-refractivity contribution is 6.07. The molecule has 1 saturated carbocycles. The van der Waals surface area contributed by atoms with Crippen molar-refractivity contribution in [2.75, 3.05) is 57.4 Å². The zero-order valence-corrected chi connectivity index (χ0v) is 27.0. The van der Waals surface area contributed by atoms with Gasteiger partial charge in [-0.15, -0.1) is 0 Å². The second-order valence-corrected chi connectivity index (χ2v) is 13.8. The molecule has 1 aliphatic carbocycles. The number of pyridine rings is 1. The lowest BCUT2D eigenvalue weighted by Gasteiger charge is -2.37. The van der Waals surface area contributed by atoms with Gasteiger partial charge in [-0.3, -0.25) is 4.90 Å². The van der Waals surface area contributed by atoms with Gasteiger partial charge in [0.1, 0.15) is 28.6 Å². The normalized spacial score (nSPS) is 19.8. The summed E-state index contributed by atoms with van der Waals surface area (Å²) in [7, 11) is 0. The van der Waals surface area contributed by atoms with Crippen LogP contribution in [0, 0.1) is 40.2 Å². The number of phenolic OH excluding ortho intramolecular Hbond substituents is 1. The Morgan fingerprint density at radius 3 is 2.73 bits per heavy atom. The molecule has 0 bridgehead atoms. The molecular formula is C36H37F2N7O3. The molecule has 48 heavy (non-hydrogen) atoms. The Bertz CT molecular complexity index is 2100. The number of anilines is 1. The maximum absolute atomic E-state index is 17.4. The van der Waals surface area contributed by atoms with E-state index in [1.165, 1.54) is 16.6 Å². The Hall–Kier alpha value is -4.60. The van der Waals surface area contributed by atoms with Gasteiger partial charge in [0.25, 0.3) is 0 Å². The van der Waals surface area contributed by atoms with Gasteiger partial charge in [-0.2, -0.15) is 20.3 Å². The van der Waals surface area contributed by atoms with E-state index in [0.717, 1.165) is 32.5 Å². The molecule has 1 N–H and O–H groups in total. The number of likely N-dealkylation sites (tertiary alicyclic amines) is 1. The van der Waals surface area contributed by atoms with Gasteiger partial charge >= 0.3 is 6.01 Å². The summed E-state index contributed by atoms with van der Waals surface area (Å²) in [5.41, 5.74) is 1.39. The number of nitriles is 1. The van der Waals surface area contributed by atoms with Gasteiger partial charge in [-0.05, 0) is 65.8 Å². The third-order valence-corrected chi connectivity index (χ3v) is 10.1. The van der Waals surface area contributed by atoms with Crippen LogP contribution in [0.25, 0.3) is 38.4 Å². The first kappa shape index (κ1) is 30.7. The second kappa shape index (κ2) is 11.8. The van der Waals surface area contributed by atoms with E-state index in [4.69, 9.17) is 19.4 Å². The van der Waals surface area contributed by atoms with E-state index in [1.54, 1.807) is 24.4 Å². The summed E-state index contributed by atoms with van der Waals surface area (Å²) in [6.45, 7) is 9.00.